The first-order valence-corrected chi connectivity index (χ1v) is 9.00. The molecule has 3 rings (SSSR count). The van der Waals surface area contributed by atoms with Crippen molar-refractivity contribution in [1.29, 1.82) is 5.26 Å². The molecule has 0 radical (unpaired) electrons. The summed E-state index contributed by atoms with van der Waals surface area (Å²) in [5, 5.41) is 10.1. The molecule has 0 fully saturated rings. The number of aromatic amines is 1. The molecule has 2 heterocycles. The fraction of sp³-hybridized carbons (Fsp3) is 0.143. The van der Waals surface area contributed by atoms with Gasteiger partial charge in [0, 0.05) is 13.0 Å². The first-order chi connectivity index (χ1) is 10.6. The Labute approximate surface area is 134 Å². The van der Waals surface area contributed by atoms with Gasteiger partial charge in [0.2, 0.25) is 0 Å². The Kier molecular flexibility index (Phi) is 4.80. The molecule has 0 aliphatic carbocycles. The van der Waals surface area contributed by atoms with Crippen molar-refractivity contribution in [3.8, 4) is 6.07 Å². The number of benzene rings is 1. The summed E-state index contributed by atoms with van der Waals surface area (Å²) >= 11 is 0.978. The van der Waals surface area contributed by atoms with E-state index in [-0.39, 0.29) is 1.43 Å². The van der Waals surface area contributed by atoms with Gasteiger partial charge in [-0.2, -0.15) is 14.0 Å². The van der Waals surface area contributed by atoms with Crippen LogP contribution in [-0.4, -0.2) is 23.8 Å². The second-order valence-electron chi connectivity index (χ2n) is 4.07. The number of anilines is 1. The van der Waals surface area contributed by atoms with Crippen molar-refractivity contribution in [2.24, 2.45) is 0 Å². The average Bonchev–Trinajstić information content (AvgIpc) is 3.19. The van der Waals surface area contributed by atoms with Crippen LogP contribution in [0.25, 0.3) is 10.9 Å². The monoisotopic (exact) mass is 335 g/mol. The van der Waals surface area contributed by atoms with E-state index in [0.29, 0.717) is 21.8 Å². The number of nitrogens with one attached hydrogen (secondary N) is 2. The van der Waals surface area contributed by atoms with Gasteiger partial charge in [-0.15, -0.1) is 0 Å². The van der Waals surface area contributed by atoms with Crippen LogP contribution in [0.15, 0.2) is 35.6 Å². The second-order valence-corrected chi connectivity index (χ2v) is 6.59. The third-order valence-electron chi connectivity index (χ3n) is 2.79. The first kappa shape index (κ1) is 16.0. The smallest absolute Gasteiger partial charge is 0.171 e. The summed E-state index contributed by atoms with van der Waals surface area (Å²) < 4.78 is 23.2. The van der Waals surface area contributed by atoms with Crippen LogP contribution in [0.3, 0.4) is 0 Å². The van der Waals surface area contributed by atoms with E-state index in [4.69, 9.17) is 5.26 Å². The lowest BCUT2D eigenvalue weighted by Gasteiger charge is -2.10. The third-order valence-corrected chi connectivity index (χ3v) is 4.81. The van der Waals surface area contributed by atoms with Gasteiger partial charge in [0.15, 0.2) is 5.03 Å². The molecule has 8 heteroatoms. The van der Waals surface area contributed by atoms with Crippen LogP contribution in [0.5, 0.6) is 0 Å². The molecule has 1 atom stereocenters. The quantitative estimate of drug-likeness (QED) is 0.718. The molecule has 2 N–H and O–H groups in total. The molecule has 0 amide bonds. The van der Waals surface area contributed by atoms with E-state index in [0.717, 1.165) is 17.1 Å². The fourth-order valence-electron chi connectivity index (χ4n) is 1.86. The topological polar surface area (TPSA) is 94.5 Å². The number of hydrogen-bond donors (Lipinski definition) is 2. The van der Waals surface area contributed by atoms with Crippen LogP contribution in [-0.2, 0) is 9.71 Å². The van der Waals surface area contributed by atoms with Crippen LogP contribution in [0, 0.1) is 11.3 Å². The number of rotatable bonds is 3. The van der Waals surface area contributed by atoms with Crippen molar-refractivity contribution in [3.05, 3.63) is 36.2 Å². The van der Waals surface area contributed by atoms with E-state index in [1.807, 2.05) is 19.9 Å². The van der Waals surface area contributed by atoms with Crippen molar-refractivity contribution < 1.29 is 5.64 Å². The van der Waals surface area contributed by atoms with Gasteiger partial charge < -0.3 is 9.71 Å². The van der Waals surface area contributed by atoms with E-state index in [1.54, 1.807) is 18.3 Å². The lowest BCUT2D eigenvalue weighted by atomic mass is 10.2. The minimum absolute atomic E-state index is 0. The maximum atomic E-state index is 12.5. The van der Waals surface area contributed by atoms with E-state index < -0.39 is 9.71 Å². The highest BCUT2D eigenvalue weighted by Gasteiger charge is 2.14. The minimum atomic E-state index is -2.78. The summed E-state index contributed by atoms with van der Waals surface area (Å²) in [6, 6.07) is 7.48. The summed E-state index contributed by atoms with van der Waals surface area (Å²) in [5.41, 5.74) is 1.86. The van der Waals surface area contributed by atoms with Gasteiger partial charge in [-0.05, 0) is 11.9 Å². The van der Waals surface area contributed by atoms with Crippen LogP contribution < -0.4 is 4.72 Å². The van der Waals surface area contributed by atoms with Crippen LogP contribution in [0.1, 0.15) is 20.8 Å². The number of H-pyrrole nitrogens is 1. The van der Waals surface area contributed by atoms with E-state index in [2.05, 4.69) is 30.4 Å². The normalized spacial score (nSPS) is 12.8. The average molecular weight is 335 g/mol. The SMILES string of the molecule is C=S(=O)(Nc1cccc2c(C#N)c[nH]c12)c1cnsn1.CC.[HH]. The van der Waals surface area contributed by atoms with E-state index in [1.165, 1.54) is 6.20 Å². The summed E-state index contributed by atoms with van der Waals surface area (Å²) in [6.07, 6.45) is 3.05. The van der Waals surface area contributed by atoms with Crippen LogP contribution in [0.2, 0.25) is 0 Å². The number of hydrogen-bond acceptors (Lipinski definition) is 5. The van der Waals surface area contributed by atoms with Gasteiger partial charge in [0.1, 0.15) is 6.07 Å². The van der Waals surface area contributed by atoms with Crippen LogP contribution >= 0.6 is 11.7 Å². The zero-order valence-corrected chi connectivity index (χ0v) is 13.8. The molecule has 116 valence electrons. The van der Waals surface area contributed by atoms with E-state index >= 15 is 0 Å². The summed E-state index contributed by atoms with van der Waals surface area (Å²) in [7, 11) is -2.78. The Morgan fingerprint density at radius 2 is 2.27 bits per heavy atom. The fourth-order valence-corrected chi connectivity index (χ4v) is 3.69. The van der Waals surface area contributed by atoms with Gasteiger partial charge >= 0.3 is 0 Å². The Morgan fingerprint density at radius 3 is 2.91 bits per heavy atom. The Hall–Kier alpha value is -2.37. The van der Waals surface area contributed by atoms with Gasteiger partial charge in [0.05, 0.1) is 44.4 Å². The van der Waals surface area contributed by atoms with E-state index in [9.17, 15) is 4.21 Å². The van der Waals surface area contributed by atoms with Gasteiger partial charge in [-0.25, -0.2) is 4.21 Å². The lowest BCUT2D eigenvalue weighted by molar-refractivity contribution is 0.682. The Bertz CT molecular complexity index is 910. The highest BCUT2D eigenvalue weighted by atomic mass is 32.2. The molecule has 2 aromatic heterocycles. The number of aromatic nitrogens is 3. The summed E-state index contributed by atoms with van der Waals surface area (Å²) in [4.78, 5) is 3.00. The number of nitriles is 1. The molecular formula is C14H17N5OS2. The van der Waals surface area contributed by atoms with Crippen molar-refractivity contribution >= 4 is 43.9 Å². The molecule has 0 saturated carbocycles. The highest BCUT2D eigenvalue weighted by molar-refractivity contribution is 8.01. The molecular weight excluding hydrogens is 318 g/mol. The predicted molar refractivity (Wildman–Crippen MR) is 93.5 cm³/mol. The van der Waals surface area contributed by atoms with Crippen molar-refractivity contribution in [3.63, 3.8) is 0 Å². The molecule has 0 bridgehead atoms. The van der Waals surface area contributed by atoms with Gasteiger partial charge in [0.25, 0.3) is 0 Å². The molecule has 0 aliphatic heterocycles. The zero-order valence-electron chi connectivity index (χ0n) is 12.2. The molecule has 6 nitrogen and oxygen atoms in total. The molecule has 0 saturated heterocycles. The minimum Gasteiger partial charge on any atom is -0.358 e. The first-order valence-electron chi connectivity index (χ1n) is 6.54. The molecule has 1 aromatic carbocycles. The molecule has 1 unspecified atom stereocenters. The Balaban J connectivity index is 0.000000849. The largest absolute Gasteiger partial charge is 0.358 e. The molecule has 3 aromatic rings. The zero-order chi connectivity index (χ0) is 16.2. The molecule has 0 aliphatic rings. The van der Waals surface area contributed by atoms with Gasteiger partial charge in [-0.1, -0.05) is 26.0 Å². The van der Waals surface area contributed by atoms with Gasteiger partial charge in [-0.3, -0.25) is 0 Å². The summed E-state index contributed by atoms with van der Waals surface area (Å²) in [5.74, 6) is 3.68. The van der Waals surface area contributed by atoms with Crippen LogP contribution in [0.4, 0.5) is 5.69 Å². The number of para-hydroxylation sites is 1. The predicted octanol–water partition coefficient (Wildman–Crippen LogP) is 3.27. The van der Waals surface area contributed by atoms with Crippen molar-refractivity contribution in [1.82, 2.24) is 13.7 Å². The highest BCUT2D eigenvalue weighted by Crippen LogP contribution is 2.26. The van der Waals surface area contributed by atoms with Crippen molar-refractivity contribution in [2.75, 3.05) is 4.72 Å². The number of nitrogens with zero attached hydrogens (tertiary/aromatic N) is 3. The Morgan fingerprint density at radius 1 is 1.50 bits per heavy atom. The molecule has 22 heavy (non-hydrogen) atoms. The lowest BCUT2D eigenvalue weighted by Crippen LogP contribution is -2.13. The van der Waals surface area contributed by atoms with Crippen molar-refractivity contribution in [2.45, 2.75) is 18.9 Å². The molecule has 0 spiro atoms. The maximum Gasteiger partial charge on any atom is 0.171 e. The number of fused-ring (bicyclic) bond motifs is 1. The summed E-state index contributed by atoms with van der Waals surface area (Å²) in [6.45, 7) is 4.00. The second kappa shape index (κ2) is 6.60. The standard InChI is InChI=1S/C12H9N5OS2.C2H6.H2/c1-20(18,11-7-15-19-16-11)17-10-4-2-3-9-8(5-13)6-14-12(9)10;1-2;/h2-4,6-7,14H,1H2,(H,17,18);1-2H3;1H. The maximum absolute atomic E-state index is 12.5. The third kappa shape index (κ3) is 2.95.